The van der Waals surface area contributed by atoms with Gasteiger partial charge in [0.15, 0.2) is 4.34 Å². The van der Waals surface area contributed by atoms with Crippen LogP contribution in [0.4, 0.5) is 0 Å². The Bertz CT molecular complexity index is 376. The van der Waals surface area contributed by atoms with Gasteiger partial charge in [-0.3, -0.25) is 4.79 Å². The first-order valence-corrected chi connectivity index (χ1v) is 6.10. The number of nitrogens with zero attached hydrogens (tertiary/aromatic N) is 2. The maximum absolute atomic E-state index is 10.7. The van der Waals surface area contributed by atoms with Crippen molar-refractivity contribution < 1.29 is 9.90 Å². The Morgan fingerprint density at radius 2 is 2.47 bits per heavy atom. The van der Waals surface area contributed by atoms with Crippen molar-refractivity contribution in [3.63, 3.8) is 0 Å². The van der Waals surface area contributed by atoms with E-state index in [1.807, 2.05) is 6.92 Å². The molecule has 1 fully saturated rings. The van der Waals surface area contributed by atoms with Crippen LogP contribution in [0.25, 0.3) is 0 Å². The summed E-state index contributed by atoms with van der Waals surface area (Å²) in [6, 6.07) is 0. The molecule has 7 heteroatoms. The lowest BCUT2D eigenvalue weighted by Gasteiger charge is -2.39. The van der Waals surface area contributed by atoms with Crippen LogP contribution in [0.5, 0.6) is 0 Å². The third kappa shape index (κ3) is 2.47. The molecule has 0 bridgehead atoms. The molecule has 0 aromatic carbocycles. The number of carboxylic acids is 1. The third-order valence-corrected chi connectivity index (χ3v) is 4.39. The van der Waals surface area contributed by atoms with E-state index in [9.17, 15) is 4.79 Å². The van der Waals surface area contributed by atoms with E-state index in [2.05, 4.69) is 14.7 Å². The topological polar surface area (TPSA) is 75.1 Å². The Morgan fingerprint density at radius 1 is 1.73 bits per heavy atom. The van der Waals surface area contributed by atoms with E-state index in [1.165, 1.54) is 23.3 Å². The summed E-state index contributed by atoms with van der Waals surface area (Å²) in [7, 11) is 0. The smallest absolute Gasteiger partial charge is 0.304 e. The number of aryl methyl sites for hydroxylation is 1. The molecule has 0 unspecified atom stereocenters. The molecule has 1 aliphatic rings. The van der Waals surface area contributed by atoms with Gasteiger partial charge >= 0.3 is 5.97 Å². The minimum atomic E-state index is -0.759. The third-order valence-electron chi connectivity index (χ3n) is 2.18. The molecule has 82 valence electrons. The maximum Gasteiger partial charge on any atom is 0.304 e. The number of rotatable bonds is 4. The van der Waals surface area contributed by atoms with Crippen LogP contribution in [0.2, 0.25) is 0 Å². The monoisotopic (exact) mass is 245 g/mol. The van der Waals surface area contributed by atoms with Gasteiger partial charge in [0.1, 0.15) is 5.82 Å². The van der Waals surface area contributed by atoms with Crippen molar-refractivity contribution >= 4 is 29.3 Å². The highest BCUT2D eigenvalue weighted by Gasteiger charge is 2.41. The minimum Gasteiger partial charge on any atom is -0.481 e. The molecule has 5 nitrogen and oxygen atoms in total. The second kappa shape index (κ2) is 4.07. The summed E-state index contributed by atoms with van der Waals surface area (Å²) in [5.74, 6) is -0.00880. The normalized spacial score (nSPS) is 18.5. The standard InChI is InChI=1S/C8H11N3O2S2/c1-5-10-7(15-11-5)14-8(2-6(12)13)3-9-4-8/h9H,2-4H2,1H3,(H,12,13). The second-order valence-electron chi connectivity index (χ2n) is 3.57. The van der Waals surface area contributed by atoms with Crippen molar-refractivity contribution in [2.75, 3.05) is 13.1 Å². The van der Waals surface area contributed by atoms with E-state index in [1.54, 1.807) is 0 Å². The molecular formula is C8H11N3O2S2. The van der Waals surface area contributed by atoms with E-state index in [0.29, 0.717) is 0 Å². The molecule has 1 aromatic rings. The van der Waals surface area contributed by atoms with Gasteiger partial charge in [0, 0.05) is 13.1 Å². The molecule has 0 aliphatic carbocycles. The predicted molar refractivity (Wildman–Crippen MR) is 58.4 cm³/mol. The van der Waals surface area contributed by atoms with Crippen molar-refractivity contribution in [1.29, 1.82) is 0 Å². The molecule has 0 atom stereocenters. The van der Waals surface area contributed by atoms with Crippen molar-refractivity contribution in [3.05, 3.63) is 5.82 Å². The average molecular weight is 245 g/mol. The molecule has 2 N–H and O–H groups in total. The van der Waals surface area contributed by atoms with Crippen LogP contribution in [0.15, 0.2) is 4.34 Å². The lowest BCUT2D eigenvalue weighted by Crippen LogP contribution is -2.57. The molecule has 0 saturated carbocycles. The van der Waals surface area contributed by atoms with E-state index in [-0.39, 0.29) is 11.2 Å². The molecule has 1 aliphatic heterocycles. The number of carboxylic acid groups (broad SMARTS) is 1. The zero-order valence-electron chi connectivity index (χ0n) is 8.19. The van der Waals surface area contributed by atoms with Gasteiger partial charge in [0.25, 0.3) is 0 Å². The number of thioether (sulfide) groups is 1. The zero-order chi connectivity index (χ0) is 10.9. The molecule has 2 heterocycles. The van der Waals surface area contributed by atoms with Gasteiger partial charge in [-0.1, -0.05) is 11.8 Å². The van der Waals surface area contributed by atoms with Gasteiger partial charge in [0.05, 0.1) is 11.2 Å². The van der Waals surface area contributed by atoms with E-state index >= 15 is 0 Å². The number of hydrogen-bond donors (Lipinski definition) is 2. The largest absolute Gasteiger partial charge is 0.481 e. The van der Waals surface area contributed by atoms with Crippen LogP contribution in [-0.4, -0.2) is 38.3 Å². The summed E-state index contributed by atoms with van der Waals surface area (Å²) < 4.78 is 4.71. The van der Waals surface area contributed by atoms with E-state index < -0.39 is 5.97 Å². The quantitative estimate of drug-likeness (QED) is 0.815. The highest BCUT2D eigenvalue weighted by Crippen LogP contribution is 2.39. The van der Waals surface area contributed by atoms with Crippen molar-refractivity contribution in [3.8, 4) is 0 Å². The second-order valence-corrected chi connectivity index (χ2v) is 6.03. The van der Waals surface area contributed by atoms with Gasteiger partial charge in [0.2, 0.25) is 0 Å². The molecule has 1 aromatic heterocycles. The number of aliphatic carboxylic acids is 1. The Labute approximate surface area is 95.5 Å². The molecule has 1 saturated heterocycles. The SMILES string of the molecule is Cc1nsc(SC2(CC(=O)O)CNC2)n1. The molecule has 15 heavy (non-hydrogen) atoms. The highest BCUT2D eigenvalue weighted by atomic mass is 32.2. The first kappa shape index (κ1) is 10.8. The summed E-state index contributed by atoms with van der Waals surface area (Å²) in [4.78, 5) is 15.0. The average Bonchev–Trinajstić information content (AvgIpc) is 2.46. The van der Waals surface area contributed by atoms with Gasteiger partial charge in [-0.25, -0.2) is 4.98 Å². The first-order chi connectivity index (χ1) is 7.10. The van der Waals surface area contributed by atoms with Crippen molar-refractivity contribution in [2.24, 2.45) is 0 Å². The molecule has 0 radical (unpaired) electrons. The summed E-state index contributed by atoms with van der Waals surface area (Å²) in [5, 5.41) is 11.9. The lowest BCUT2D eigenvalue weighted by atomic mass is 9.98. The molecular weight excluding hydrogens is 234 g/mol. The molecule has 0 spiro atoms. The Hall–Kier alpha value is -0.660. The number of nitrogens with one attached hydrogen (secondary N) is 1. The number of carbonyl (C=O) groups is 1. The summed E-state index contributed by atoms with van der Waals surface area (Å²) in [6.45, 7) is 3.29. The Kier molecular flexibility index (Phi) is 2.94. The summed E-state index contributed by atoms with van der Waals surface area (Å²) in [5.41, 5.74) is 0. The van der Waals surface area contributed by atoms with Crippen LogP contribution in [0.3, 0.4) is 0 Å². The Balaban J connectivity index is 2.04. The van der Waals surface area contributed by atoms with Crippen molar-refractivity contribution in [1.82, 2.24) is 14.7 Å². The minimum absolute atomic E-state index is 0.170. The van der Waals surface area contributed by atoms with Crippen LogP contribution in [-0.2, 0) is 4.79 Å². The first-order valence-electron chi connectivity index (χ1n) is 4.51. The maximum atomic E-state index is 10.7. The summed E-state index contributed by atoms with van der Waals surface area (Å²) in [6.07, 6.45) is 0.170. The van der Waals surface area contributed by atoms with Crippen LogP contribution in [0.1, 0.15) is 12.2 Å². The van der Waals surface area contributed by atoms with Crippen LogP contribution in [0, 0.1) is 6.92 Å². The fraction of sp³-hybridized carbons (Fsp3) is 0.625. The van der Waals surface area contributed by atoms with Gasteiger partial charge in [-0.15, -0.1) is 0 Å². The molecule has 2 rings (SSSR count). The summed E-state index contributed by atoms with van der Waals surface area (Å²) >= 11 is 2.86. The van der Waals surface area contributed by atoms with E-state index in [4.69, 9.17) is 5.11 Å². The van der Waals surface area contributed by atoms with Gasteiger partial charge < -0.3 is 10.4 Å². The Morgan fingerprint density at radius 3 is 2.87 bits per heavy atom. The zero-order valence-corrected chi connectivity index (χ0v) is 9.82. The van der Waals surface area contributed by atoms with Crippen LogP contribution < -0.4 is 5.32 Å². The number of aromatic nitrogens is 2. The fourth-order valence-corrected chi connectivity index (χ4v) is 3.72. The lowest BCUT2D eigenvalue weighted by molar-refractivity contribution is -0.138. The van der Waals surface area contributed by atoms with Gasteiger partial charge in [-0.2, -0.15) is 4.37 Å². The number of hydrogen-bond acceptors (Lipinski definition) is 6. The van der Waals surface area contributed by atoms with Gasteiger partial charge in [-0.05, 0) is 18.5 Å². The van der Waals surface area contributed by atoms with Crippen molar-refractivity contribution in [2.45, 2.75) is 22.4 Å². The predicted octanol–water partition coefficient (Wildman–Crippen LogP) is 0.755. The van der Waals surface area contributed by atoms with Crippen LogP contribution >= 0.6 is 23.3 Å². The highest BCUT2D eigenvalue weighted by molar-refractivity contribution is 8.02. The fourth-order valence-electron chi connectivity index (χ4n) is 1.42. The molecule has 0 amide bonds. The van der Waals surface area contributed by atoms with E-state index in [0.717, 1.165) is 23.3 Å².